The van der Waals surface area contributed by atoms with Gasteiger partial charge in [-0.25, -0.2) is 9.79 Å². The van der Waals surface area contributed by atoms with Gasteiger partial charge in [0.2, 0.25) is 5.90 Å². The molecule has 0 amide bonds. The molecule has 1 aliphatic heterocycles. The minimum Gasteiger partial charge on any atom is -0.493 e. The van der Waals surface area contributed by atoms with Crippen LogP contribution in [0.15, 0.2) is 71.4 Å². The number of nitro benzene ring substituents is 1. The molecule has 172 valence electrons. The molecule has 0 fully saturated rings. The Labute approximate surface area is 213 Å². The van der Waals surface area contributed by atoms with E-state index in [1.807, 2.05) is 6.07 Å². The number of methoxy groups -OCH3 is 1. The van der Waals surface area contributed by atoms with Crippen molar-refractivity contribution in [2.75, 3.05) is 7.11 Å². The lowest BCUT2D eigenvalue weighted by atomic mass is 10.1. The molecule has 1 heterocycles. The van der Waals surface area contributed by atoms with Gasteiger partial charge in [-0.15, -0.1) is 0 Å². The number of benzene rings is 3. The van der Waals surface area contributed by atoms with E-state index in [0.29, 0.717) is 27.6 Å². The Morgan fingerprint density at radius 2 is 1.91 bits per heavy atom. The van der Waals surface area contributed by atoms with Gasteiger partial charge in [0.1, 0.15) is 6.61 Å². The fourth-order valence-electron chi connectivity index (χ4n) is 3.15. The van der Waals surface area contributed by atoms with Crippen molar-refractivity contribution in [2.45, 2.75) is 6.61 Å². The molecule has 3 aromatic carbocycles. The zero-order valence-corrected chi connectivity index (χ0v) is 20.6. The first-order chi connectivity index (χ1) is 16.4. The van der Waals surface area contributed by atoms with Crippen LogP contribution < -0.4 is 9.47 Å². The number of nitrogens with zero attached hydrogens (tertiary/aromatic N) is 2. The van der Waals surface area contributed by atoms with Gasteiger partial charge in [-0.3, -0.25) is 10.1 Å². The number of hydrogen-bond donors (Lipinski definition) is 0. The van der Waals surface area contributed by atoms with Crippen LogP contribution in [0.2, 0.25) is 5.02 Å². The fourth-order valence-corrected chi connectivity index (χ4v) is 4.15. The Morgan fingerprint density at radius 3 is 2.59 bits per heavy atom. The smallest absolute Gasteiger partial charge is 0.363 e. The van der Waals surface area contributed by atoms with Crippen LogP contribution in [0.5, 0.6) is 11.5 Å². The van der Waals surface area contributed by atoms with Crippen molar-refractivity contribution in [1.82, 2.24) is 0 Å². The first-order valence-corrected chi connectivity index (χ1v) is 11.3. The van der Waals surface area contributed by atoms with Crippen molar-refractivity contribution in [1.29, 1.82) is 0 Å². The highest BCUT2D eigenvalue weighted by atomic mass is 127. The fraction of sp³-hybridized carbons (Fsp3) is 0.0833. The molecular weight excluding hydrogens is 575 g/mol. The van der Waals surface area contributed by atoms with E-state index in [0.717, 1.165) is 9.13 Å². The summed E-state index contributed by atoms with van der Waals surface area (Å²) >= 11 is 8.29. The number of aliphatic imine (C=N–C) groups is 1. The van der Waals surface area contributed by atoms with E-state index < -0.39 is 10.9 Å². The Morgan fingerprint density at radius 1 is 1.18 bits per heavy atom. The van der Waals surface area contributed by atoms with E-state index in [1.54, 1.807) is 48.5 Å². The summed E-state index contributed by atoms with van der Waals surface area (Å²) in [5.41, 5.74) is 2.11. The molecular formula is C24H16ClIN2O6. The number of ether oxygens (including phenoxy) is 3. The maximum absolute atomic E-state index is 12.4. The van der Waals surface area contributed by atoms with Gasteiger partial charge in [-0.2, -0.15) is 0 Å². The van der Waals surface area contributed by atoms with Crippen molar-refractivity contribution in [2.24, 2.45) is 4.99 Å². The number of nitro groups is 1. The van der Waals surface area contributed by atoms with Gasteiger partial charge >= 0.3 is 5.97 Å². The highest BCUT2D eigenvalue weighted by Gasteiger charge is 2.25. The summed E-state index contributed by atoms with van der Waals surface area (Å²) in [5, 5.41) is 11.2. The van der Waals surface area contributed by atoms with Crippen LogP contribution in [0.4, 0.5) is 5.69 Å². The molecule has 0 saturated carbocycles. The molecule has 3 aromatic rings. The van der Waals surface area contributed by atoms with Crippen molar-refractivity contribution in [3.05, 3.63) is 102 Å². The first kappa shape index (κ1) is 23.7. The van der Waals surface area contributed by atoms with Crippen molar-refractivity contribution in [3.8, 4) is 11.5 Å². The summed E-state index contributed by atoms with van der Waals surface area (Å²) < 4.78 is 17.4. The number of carbonyl (C=O) groups excluding carboxylic acids is 1. The molecule has 10 heteroatoms. The van der Waals surface area contributed by atoms with Gasteiger partial charge in [-0.05, 0) is 76.2 Å². The topological polar surface area (TPSA) is 100 Å². The zero-order valence-electron chi connectivity index (χ0n) is 17.7. The molecule has 8 nitrogen and oxygen atoms in total. The van der Waals surface area contributed by atoms with E-state index in [4.69, 9.17) is 25.8 Å². The van der Waals surface area contributed by atoms with Crippen molar-refractivity contribution >= 4 is 57.8 Å². The Kier molecular flexibility index (Phi) is 7.13. The second kappa shape index (κ2) is 10.2. The summed E-state index contributed by atoms with van der Waals surface area (Å²) in [4.78, 5) is 27.0. The van der Waals surface area contributed by atoms with E-state index in [2.05, 4.69) is 27.6 Å². The van der Waals surface area contributed by atoms with Crippen LogP contribution in [0, 0.1) is 13.7 Å². The molecule has 4 rings (SSSR count). The largest absolute Gasteiger partial charge is 0.493 e. The third-order valence-electron chi connectivity index (χ3n) is 4.81. The Hall–Kier alpha value is -3.44. The van der Waals surface area contributed by atoms with Crippen LogP contribution >= 0.6 is 34.2 Å². The summed E-state index contributed by atoms with van der Waals surface area (Å²) in [7, 11) is 1.51. The summed E-state index contributed by atoms with van der Waals surface area (Å²) in [6.45, 7) is 0.197. The lowest BCUT2D eigenvalue weighted by molar-refractivity contribution is -0.384. The number of non-ortho nitro benzene ring substituents is 1. The second-order valence-electron chi connectivity index (χ2n) is 7.06. The number of rotatable bonds is 7. The quantitative estimate of drug-likeness (QED) is 0.114. The Bertz CT molecular complexity index is 1340. The highest BCUT2D eigenvalue weighted by Crippen LogP contribution is 2.36. The molecule has 0 N–H and O–H groups in total. The number of carbonyl (C=O) groups is 1. The van der Waals surface area contributed by atoms with Gasteiger partial charge < -0.3 is 14.2 Å². The molecule has 0 atom stereocenters. The van der Waals surface area contributed by atoms with E-state index in [-0.39, 0.29) is 23.9 Å². The lowest BCUT2D eigenvalue weighted by Gasteiger charge is -2.13. The van der Waals surface area contributed by atoms with E-state index >= 15 is 0 Å². The number of halogens is 2. The molecule has 0 bridgehead atoms. The molecule has 0 radical (unpaired) electrons. The standard InChI is InChI=1S/C24H16ClIN2O6/c1-32-21-12-15(11-20-24(29)34-23(27-20)17-4-2-3-5-18(17)25)10-19(26)22(21)33-13-14-6-8-16(9-7-14)28(30)31/h2-12H,13H2,1H3/b20-11-. The maximum Gasteiger partial charge on any atom is 0.363 e. The number of esters is 1. The SMILES string of the molecule is COc1cc(/C=C2\N=C(c3ccccc3Cl)OC2=O)cc(I)c1OCc1ccc([N+](=O)[O-])cc1. The average molecular weight is 591 g/mol. The third kappa shape index (κ3) is 5.20. The van der Waals surface area contributed by atoms with Gasteiger partial charge in [0.05, 0.1) is 26.2 Å². The van der Waals surface area contributed by atoms with Gasteiger partial charge in [0.15, 0.2) is 17.2 Å². The lowest BCUT2D eigenvalue weighted by Crippen LogP contribution is -2.05. The van der Waals surface area contributed by atoms with Gasteiger partial charge in [0, 0.05) is 12.1 Å². The second-order valence-corrected chi connectivity index (χ2v) is 8.63. The molecule has 0 saturated heterocycles. The van der Waals surface area contributed by atoms with Crippen LogP contribution in [0.1, 0.15) is 16.7 Å². The number of cyclic esters (lactones) is 1. The minimum atomic E-state index is -0.581. The summed E-state index contributed by atoms with van der Waals surface area (Å²) in [6, 6.07) is 16.6. The average Bonchev–Trinajstić information content (AvgIpc) is 3.18. The molecule has 1 aliphatic rings. The normalized spacial score (nSPS) is 14.0. The number of hydrogen-bond acceptors (Lipinski definition) is 7. The predicted molar refractivity (Wildman–Crippen MR) is 135 cm³/mol. The molecule has 0 aromatic heterocycles. The highest BCUT2D eigenvalue weighted by molar-refractivity contribution is 14.1. The van der Waals surface area contributed by atoms with Crippen LogP contribution in [0.3, 0.4) is 0 Å². The van der Waals surface area contributed by atoms with E-state index in [9.17, 15) is 14.9 Å². The molecule has 0 spiro atoms. The van der Waals surface area contributed by atoms with Crippen molar-refractivity contribution < 1.29 is 23.9 Å². The summed E-state index contributed by atoms with van der Waals surface area (Å²) in [6.07, 6.45) is 1.59. The van der Waals surface area contributed by atoms with Crippen molar-refractivity contribution in [3.63, 3.8) is 0 Å². The maximum atomic E-state index is 12.4. The minimum absolute atomic E-state index is 0.0130. The third-order valence-corrected chi connectivity index (χ3v) is 5.94. The summed E-state index contributed by atoms with van der Waals surface area (Å²) in [5.74, 6) is 0.536. The van der Waals surface area contributed by atoms with Crippen LogP contribution in [-0.2, 0) is 16.1 Å². The van der Waals surface area contributed by atoms with Gasteiger partial charge in [0.25, 0.3) is 5.69 Å². The predicted octanol–water partition coefficient (Wildman–Crippen LogP) is 5.78. The van der Waals surface area contributed by atoms with Crippen LogP contribution in [0.25, 0.3) is 6.08 Å². The monoisotopic (exact) mass is 590 g/mol. The molecule has 0 unspecified atom stereocenters. The first-order valence-electron chi connectivity index (χ1n) is 9.87. The van der Waals surface area contributed by atoms with Crippen LogP contribution in [-0.4, -0.2) is 23.9 Å². The molecule has 0 aliphatic carbocycles. The molecule has 34 heavy (non-hydrogen) atoms. The zero-order chi connectivity index (χ0) is 24.2. The Balaban J connectivity index is 1.57. The van der Waals surface area contributed by atoms with E-state index in [1.165, 1.54) is 19.2 Å². The van der Waals surface area contributed by atoms with Gasteiger partial charge in [-0.1, -0.05) is 23.7 Å².